The third-order valence-corrected chi connectivity index (χ3v) is 10.3. The first-order valence-corrected chi connectivity index (χ1v) is 23.8. The van der Waals surface area contributed by atoms with Gasteiger partial charge in [0.25, 0.3) is 7.82 Å². The van der Waals surface area contributed by atoms with Crippen LogP contribution in [0.15, 0.2) is 72.9 Å². The number of quaternary nitrogens is 1. The molecule has 0 bridgehead atoms. The number of likely N-dealkylation sites (N-methyl/N-ethyl adjacent to an activating group) is 1. The summed E-state index contributed by atoms with van der Waals surface area (Å²) in [7, 11) is 1.20. The summed E-state index contributed by atoms with van der Waals surface area (Å²) in [4.78, 5) is 25.2. The van der Waals surface area contributed by atoms with E-state index >= 15 is 0 Å². The monoisotopic (exact) mass is 805 g/mol. The van der Waals surface area contributed by atoms with E-state index in [1.807, 2.05) is 27.2 Å². The third-order valence-electron chi connectivity index (χ3n) is 9.38. The van der Waals surface area contributed by atoms with Crippen molar-refractivity contribution in [3.05, 3.63) is 72.9 Å². The fraction of sp³-hybridized carbons (Fsp3) is 0.723. The third kappa shape index (κ3) is 40.1. The molecular weight excluding hydrogens is 719 g/mol. The van der Waals surface area contributed by atoms with Gasteiger partial charge in [-0.1, -0.05) is 157 Å². The van der Waals surface area contributed by atoms with Crippen molar-refractivity contribution >= 4 is 13.7 Å². The standard InChI is InChI=1S/C47H85N2O6P/c1-6-8-10-12-14-16-18-20-21-22-23-24-25-26-27-29-30-32-34-36-38-40-46(50)45(44-55-56(52,53)54-43-42-49(3,4)5)48-47(51)41-39-37-35-33-31-28-19-17-15-13-11-9-7-2/h9,11,15,17,25-26,28,30-32,38,40,45-46,50H,6-8,10,12-14,16,18-24,27,29,33-37,39,41-44H2,1-5H3,(H-,48,51,52,53)/b11-9-,17-15-,26-25+,31-28-,32-30+,40-38+. The Balaban J connectivity index is 4.53. The largest absolute Gasteiger partial charge is 0.756 e. The summed E-state index contributed by atoms with van der Waals surface area (Å²) < 4.78 is 23.1. The molecule has 0 saturated heterocycles. The molecule has 0 aliphatic carbocycles. The van der Waals surface area contributed by atoms with Gasteiger partial charge in [-0.3, -0.25) is 9.36 Å². The number of hydrogen-bond acceptors (Lipinski definition) is 6. The van der Waals surface area contributed by atoms with Gasteiger partial charge >= 0.3 is 0 Å². The van der Waals surface area contributed by atoms with E-state index in [0.717, 1.165) is 64.2 Å². The first-order chi connectivity index (χ1) is 27.0. The molecule has 1 amide bonds. The topological polar surface area (TPSA) is 108 Å². The molecule has 0 saturated carbocycles. The molecule has 3 unspecified atom stereocenters. The minimum atomic E-state index is -4.61. The van der Waals surface area contributed by atoms with Crippen LogP contribution in [0.25, 0.3) is 0 Å². The SMILES string of the molecule is CC/C=C\C/C=C\C/C=C\CCCCCC(=O)NC(COP(=O)([O-])OCC[N+](C)(C)C)C(O)/C=C/CC/C=C/CC/C=C/CCCCCCCCCCCCC. The number of rotatable bonds is 39. The number of hydrogen-bond donors (Lipinski definition) is 2. The number of amides is 1. The summed E-state index contributed by atoms with van der Waals surface area (Å²) in [5, 5.41) is 13.7. The second-order valence-corrected chi connectivity index (χ2v) is 17.4. The lowest BCUT2D eigenvalue weighted by atomic mass is 10.1. The zero-order valence-corrected chi connectivity index (χ0v) is 37.5. The molecule has 0 rings (SSSR count). The maximum absolute atomic E-state index is 12.8. The summed E-state index contributed by atoms with van der Waals surface area (Å²) in [6.07, 6.45) is 51.1. The second kappa shape index (κ2) is 38.5. The Morgan fingerprint density at radius 2 is 1.11 bits per heavy atom. The summed E-state index contributed by atoms with van der Waals surface area (Å²) in [6, 6.07) is -0.927. The minimum Gasteiger partial charge on any atom is -0.756 e. The normalized spacial score (nSPS) is 15.1. The number of aliphatic hydroxyl groups is 1. The van der Waals surface area contributed by atoms with Crippen LogP contribution in [0, 0.1) is 0 Å². The molecule has 0 heterocycles. The van der Waals surface area contributed by atoms with E-state index in [1.165, 1.54) is 77.0 Å². The minimum absolute atomic E-state index is 0.0183. The molecule has 0 aromatic heterocycles. The first kappa shape index (κ1) is 53.9. The Bertz CT molecular complexity index is 1140. The fourth-order valence-electron chi connectivity index (χ4n) is 5.84. The van der Waals surface area contributed by atoms with Gasteiger partial charge in [-0.2, -0.15) is 0 Å². The number of nitrogens with one attached hydrogen (secondary N) is 1. The maximum Gasteiger partial charge on any atom is 0.268 e. The number of phosphoric ester groups is 1. The van der Waals surface area contributed by atoms with Crippen LogP contribution in [0.3, 0.4) is 0 Å². The molecule has 0 aromatic carbocycles. The molecular formula is C47H85N2O6P. The molecule has 324 valence electrons. The lowest BCUT2D eigenvalue weighted by molar-refractivity contribution is -0.870. The average molecular weight is 805 g/mol. The van der Waals surface area contributed by atoms with Gasteiger partial charge in [0, 0.05) is 6.42 Å². The molecule has 8 nitrogen and oxygen atoms in total. The van der Waals surface area contributed by atoms with Crippen molar-refractivity contribution in [3.63, 3.8) is 0 Å². The van der Waals surface area contributed by atoms with Gasteiger partial charge in [0.15, 0.2) is 0 Å². The van der Waals surface area contributed by atoms with E-state index in [-0.39, 0.29) is 12.5 Å². The van der Waals surface area contributed by atoms with Gasteiger partial charge in [-0.25, -0.2) is 0 Å². The van der Waals surface area contributed by atoms with Crippen molar-refractivity contribution in [2.45, 2.75) is 180 Å². The highest BCUT2D eigenvalue weighted by Gasteiger charge is 2.23. The number of carbonyl (C=O) groups is 1. The average Bonchev–Trinajstić information content (AvgIpc) is 3.15. The number of phosphoric acid groups is 1. The van der Waals surface area contributed by atoms with Crippen LogP contribution in [0.4, 0.5) is 0 Å². The van der Waals surface area contributed by atoms with Crippen molar-refractivity contribution in [2.75, 3.05) is 40.9 Å². The molecule has 0 aliphatic heterocycles. The van der Waals surface area contributed by atoms with Crippen molar-refractivity contribution in [1.29, 1.82) is 0 Å². The molecule has 0 radical (unpaired) electrons. The van der Waals surface area contributed by atoms with E-state index in [1.54, 1.807) is 6.08 Å². The zero-order valence-electron chi connectivity index (χ0n) is 36.6. The van der Waals surface area contributed by atoms with E-state index in [9.17, 15) is 19.4 Å². The van der Waals surface area contributed by atoms with Gasteiger partial charge in [-0.15, -0.1) is 0 Å². The van der Waals surface area contributed by atoms with Gasteiger partial charge in [0.05, 0.1) is 39.9 Å². The second-order valence-electron chi connectivity index (χ2n) is 16.0. The smallest absolute Gasteiger partial charge is 0.268 e. The predicted molar refractivity (Wildman–Crippen MR) is 237 cm³/mol. The number of unbranched alkanes of at least 4 members (excludes halogenated alkanes) is 16. The van der Waals surface area contributed by atoms with Crippen molar-refractivity contribution in [2.24, 2.45) is 0 Å². The van der Waals surface area contributed by atoms with Crippen LogP contribution in [-0.4, -0.2) is 68.5 Å². The molecule has 0 fully saturated rings. The van der Waals surface area contributed by atoms with Crippen molar-refractivity contribution in [3.8, 4) is 0 Å². The lowest BCUT2D eigenvalue weighted by Crippen LogP contribution is -2.45. The van der Waals surface area contributed by atoms with Crippen molar-refractivity contribution < 1.29 is 32.9 Å². The Hall–Kier alpha value is -2.06. The van der Waals surface area contributed by atoms with Gasteiger partial charge in [0.1, 0.15) is 13.2 Å². The first-order valence-electron chi connectivity index (χ1n) is 22.3. The van der Waals surface area contributed by atoms with Crippen molar-refractivity contribution in [1.82, 2.24) is 5.32 Å². The van der Waals surface area contributed by atoms with Crippen LogP contribution >= 0.6 is 7.82 Å². The highest BCUT2D eigenvalue weighted by atomic mass is 31.2. The molecule has 0 aromatic rings. The Kier molecular flexibility index (Phi) is 37.0. The maximum atomic E-state index is 12.8. The summed E-state index contributed by atoms with van der Waals surface area (Å²) in [6.45, 7) is 4.45. The van der Waals surface area contributed by atoms with Gasteiger partial charge in [0.2, 0.25) is 5.91 Å². The van der Waals surface area contributed by atoms with Gasteiger partial charge < -0.3 is 28.8 Å². The Morgan fingerprint density at radius 1 is 0.643 bits per heavy atom. The number of allylic oxidation sites excluding steroid dienone is 11. The molecule has 9 heteroatoms. The zero-order chi connectivity index (χ0) is 41.4. The summed E-state index contributed by atoms with van der Waals surface area (Å²) in [5.41, 5.74) is 0. The Morgan fingerprint density at radius 3 is 1.66 bits per heavy atom. The summed E-state index contributed by atoms with van der Waals surface area (Å²) >= 11 is 0. The molecule has 0 spiro atoms. The van der Waals surface area contributed by atoms with Crippen LogP contribution in [0.5, 0.6) is 0 Å². The van der Waals surface area contributed by atoms with E-state index in [2.05, 4.69) is 79.9 Å². The summed E-state index contributed by atoms with van der Waals surface area (Å²) in [5.74, 6) is -0.244. The molecule has 0 aliphatic rings. The van der Waals surface area contributed by atoms with E-state index in [0.29, 0.717) is 23.9 Å². The molecule has 56 heavy (non-hydrogen) atoms. The van der Waals surface area contributed by atoms with Crippen LogP contribution in [0.1, 0.15) is 168 Å². The van der Waals surface area contributed by atoms with Gasteiger partial charge in [-0.05, 0) is 77.0 Å². The highest BCUT2D eigenvalue weighted by molar-refractivity contribution is 7.45. The Labute approximate surface area is 344 Å². The van der Waals surface area contributed by atoms with Crippen LogP contribution in [0.2, 0.25) is 0 Å². The van der Waals surface area contributed by atoms with E-state index < -0.39 is 26.6 Å². The molecule has 3 atom stereocenters. The quantitative estimate of drug-likeness (QED) is 0.0277. The highest BCUT2D eigenvalue weighted by Crippen LogP contribution is 2.38. The van der Waals surface area contributed by atoms with Crippen LogP contribution < -0.4 is 10.2 Å². The number of nitrogens with zero attached hydrogens (tertiary/aromatic N) is 1. The van der Waals surface area contributed by atoms with E-state index in [4.69, 9.17) is 9.05 Å². The van der Waals surface area contributed by atoms with Crippen LogP contribution in [-0.2, 0) is 18.4 Å². The lowest BCUT2D eigenvalue weighted by Gasteiger charge is -2.29. The number of carbonyl (C=O) groups excluding carboxylic acids is 1. The molecule has 2 N–H and O–H groups in total. The number of aliphatic hydroxyl groups excluding tert-OH is 1. The fourth-order valence-corrected chi connectivity index (χ4v) is 6.57. The predicted octanol–water partition coefficient (Wildman–Crippen LogP) is 11.8.